The molecule has 0 aliphatic carbocycles. The van der Waals surface area contributed by atoms with Crippen LogP contribution in [0, 0.1) is 13.8 Å². The minimum Gasteiger partial charge on any atom is -0.506 e. The summed E-state index contributed by atoms with van der Waals surface area (Å²) in [5, 5.41) is 21.9. The summed E-state index contributed by atoms with van der Waals surface area (Å²) in [6.07, 6.45) is 0. The van der Waals surface area contributed by atoms with Crippen LogP contribution in [0.5, 0.6) is 5.75 Å². The second kappa shape index (κ2) is 6.70. The molecule has 1 aromatic carbocycles. The SMILES string of the molecule is COC(=O)C1=C(Nc2cc(C)c(C)cc2O)C(=O)N(CCO)C1. The van der Waals surface area contributed by atoms with Crippen LogP contribution < -0.4 is 5.32 Å². The maximum Gasteiger partial charge on any atom is 0.337 e. The van der Waals surface area contributed by atoms with Gasteiger partial charge >= 0.3 is 5.97 Å². The highest BCUT2D eigenvalue weighted by Gasteiger charge is 2.34. The fraction of sp³-hybridized carbons (Fsp3) is 0.375. The molecule has 1 heterocycles. The number of phenolic OH excluding ortho intramolecular Hbond substituents is 1. The van der Waals surface area contributed by atoms with Crippen LogP contribution in [0.1, 0.15) is 11.1 Å². The molecule has 0 saturated carbocycles. The Bertz CT molecular complexity index is 681. The van der Waals surface area contributed by atoms with Crippen molar-refractivity contribution >= 4 is 17.6 Å². The molecule has 1 aliphatic rings. The van der Waals surface area contributed by atoms with Crippen molar-refractivity contribution in [1.82, 2.24) is 4.90 Å². The van der Waals surface area contributed by atoms with Crippen LogP contribution in [0.4, 0.5) is 5.69 Å². The van der Waals surface area contributed by atoms with Crippen LogP contribution in [-0.4, -0.2) is 53.8 Å². The number of methoxy groups -OCH3 is 1. The summed E-state index contributed by atoms with van der Waals surface area (Å²) >= 11 is 0. The molecule has 1 aliphatic heterocycles. The number of hydrogen-bond donors (Lipinski definition) is 3. The molecule has 0 saturated heterocycles. The fourth-order valence-corrected chi connectivity index (χ4v) is 2.38. The molecule has 1 aromatic rings. The van der Waals surface area contributed by atoms with Gasteiger partial charge in [-0.15, -0.1) is 0 Å². The quantitative estimate of drug-likeness (QED) is 0.545. The lowest BCUT2D eigenvalue weighted by Crippen LogP contribution is -2.31. The van der Waals surface area contributed by atoms with E-state index in [1.54, 1.807) is 12.1 Å². The number of phenols is 1. The highest BCUT2D eigenvalue weighted by Crippen LogP contribution is 2.30. The van der Waals surface area contributed by atoms with Crippen LogP contribution in [0.15, 0.2) is 23.4 Å². The molecule has 2 rings (SSSR count). The van der Waals surface area contributed by atoms with E-state index in [1.165, 1.54) is 12.0 Å². The average Bonchev–Trinajstić information content (AvgIpc) is 2.81. The van der Waals surface area contributed by atoms with Crippen molar-refractivity contribution in [2.75, 3.05) is 32.1 Å². The van der Waals surface area contributed by atoms with E-state index in [4.69, 9.17) is 9.84 Å². The van der Waals surface area contributed by atoms with Gasteiger partial charge in [-0.05, 0) is 37.1 Å². The van der Waals surface area contributed by atoms with Gasteiger partial charge in [0.05, 0.1) is 31.5 Å². The summed E-state index contributed by atoms with van der Waals surface area (Å²) in [6, 6.07) is 3.29. The van der Waals surface area contributed by atoms with E-state index in [0.29, 0.717) is 5.69 Å². The Labute approximate surface area is 134 Å². The first kappa shape index (κ1) is 16.8. The molecular weight excluding hydrogens is 300 g/mol. The van der Waals surface area contributed by atoms with E-state index in [-0.39, 0.29) is 36.7 Å². The lowest BCUT2D eigenvalue weighted by atomic mass is 10.1. The van der Waals surface area contributed by atoms with Gasteiger partial charge in [0.25, 0.3) is 5.91 Å². The molecule has 0 aromatic heterocycles. The Morgan fingerprint density at radius 2 is 2.00 bits per heavy atom. The van der Waals surface area contributed by atoms with Gasteiger partial charge in [-0.3, -0.25) is 4.79 Å². The molecule has 3 N–H and O–H groups in total. The van der Waals surface area contributed by atoms with E-state index >= 15 is 0 Å². The van der Waals surface area contributed by atoms with Crippen molar-refractivity contribution < 1.29 is 24.5 Å². The van der Waals surface area contributed by atoms with E-state index < -0.39 is 11.9 Å². The Hall–Kier alpha value is -2.54. The predicted molar refractivity (Wildman–Crippen MR) is 83.9 cm³/mol. The van der Waals surface area contributed by atoms with Gasteiger partial charge in [-0.1, -0.05) is 0 Å². The van der Waals surface area contributed by atoms with Crippen molar-refractivity contribution in [3.05, 3.63) is 34.5 Å². The zero-order chi connectivity index (χ0) is 17.1. The monoisotopic (exact) mass is 320 g/mol. The normalized spacial score (nSPS) is 14.4. The third-order valence-electron chi connectivity index (χ3n) is 3.83. The number of nitrogens with one attached hydrogen (secondary N) is 1. The minimum atomic E-state index is -0.621. The number of aromatic hydroxyl groups is 1. The number of benzene rings is 1. The molecule has 7 nitrogen and oxygen atoms in total. The van der Waals surface area contributed by atoms with E-state index in [2.05, 4.69) is 5.32 Å². The number of carbonyl (C=O) groups is 2. The number of amides is 1. The largest absolute Gasteiger partial charge is 0.506 e. The van der Waals surface area contributed by atoms with Gasteiger partial charge in [0.1, 0.15) is 11.4 Å². The van der Waals surface area contributed by atoms with Gasteiger partial charge in [-0.25, -0.2) is 4.79 Å². The number of hydrogen-bond acceptors (Lipinski definition) is 6. The lowest BCUT2D eigenvalue weighted by molar-refractivity contribution is -0.136. The second-order valence-electron chi connectivity index (χ2n) is 5.37. The molecule has 1 amide bonds. The first-order chi connectivity index (χ1) is 10.9. The summed E-state index contributed by atoms with van der Waals surface area (Å²) < 4.78 is 4.71. The lowest BCUT2D eigenvalue weighted by Gasteiger charge is -2.15. The summed E-state index contributed by atoms with van der Waals surface area (Å²) in [6.45, 7) is 3.71. The number of aryl methyl sites for hydroxylation is 2. The summed E-state index contributed by atoms with van der Waals surface area (Å²) in [5.41, 5.74) is 2.41. The third-order valence-corrected chi connectivity index (χ3v) is 3.83. The molecule has 0 unspecified atom stereocenters. The van der Waals surface area contributed by atoms with Gasteiger partial charge in [-0.2, -0.15) is 0 Å². The smallest absolute Gasteiger partial charge is 0.337 e. The number of carbonyl (C=O) groups excluding carboxylic acids is 2. The Kier molecular flexibility index (Phi) is 4.90. The fourth-order valence-electron chi connectivity index (χ4n) is 2.38. The molecule has 23 heavy (non-hydrogen) atoms. The number of aliphatic hydroxyl groups is 1. The maximum absolute atomic E-state index is 12.4. The minimum absolute atomic E-state index is 0.0155. The Balaban J connectivity index is 2.39. The van der Waals surface area contributed by atoms with Crippen molar-refractivity contribution in [3.8, 4) is 5.75 Å². The number of aliphatic hydroxyl groups excluding tert-OH is 1. The van der Waals surface area contributed by atoms with Gasteiger partial charge < -0.3 is 25.2 Å². The van der Waals surface area contributed by atoms with Crippen LogP contribution in [-0.2, 0) is 14.3 Å². The van der Waals surface area contributed by atoms with Gasteiger partial charge in [0.15, 0.2) is 0 Å². The van der Waals surface area contributed by atoms with E-state index in [1.807, 2.05) is 13.8 Å². The van der Waals surface area contributed by atoms with E-state index in [9.17, 15) is 14.7 Å². The Morgan fingerprint density at radius 1 is 1.35 bits per heavy atom. The van der Waals surface area contributed by atoms with Crippen molar-refractivity contribution in [3.63, 3.8) is 0 Å². The third kappa shape index (κ3) is 3.29. The summed E-state index contributed by atoms with van der Waals surface area (Å²) in [5.74, 6) is -1.06. The van der Waals surface area contributed by atoms with Crippen LogP contribution in [0.25, 0.3) is 0 Å². The number of esters is 1. The molecule has 0 radical (unpaired) electrons. The van der Waals surface area contributed by atoms with Crippen molar-refractivity contribution in [1.29, 1.82) is 0 Å². The number of rotatable bonds is 5. The number of anilines is 1. The van der Waals surface area contributed by atoms with Crippen molar-refractivity contribution in [2.24, 2.45) is 0 Å². The summed E-state index contributed by atoms with van der Waals surface area (Å²) in [7, 11) is 1.24. The summed E-state index contributed by atoms with van der Waals surface area (Å²) in [4.78, 5) is 25.6. The molecule has 0 spiro atoms. The number of nitrogens with zero attached hydrogens (tertiary/aromatic N) is 1. The predicted octanol–water partition coefficient (Wildman–Crippen LogP) is 0.683. The second-order valence-corrected chi connectivity index (χ2v) is 5.37. The first-order valence-corrected chi connectivity index (χ1v) is 7.17. The molecule has 124 valence electrons. The average molecular weight is 320 g/mol. The topological polar surface area (TPSA) is 99.1 Å². The number of β-amino-alcohol motifs (C(OH)–C–C–N with tert-alkyl or cyclic N) is 1. The van der Waals surface area contributed by atoms with Crippen molar-refractivity contribution in [2.45, 2.75) is 13.8 Å². The van der Waals surface area contributed by atoms with Crippen LogP contribution in [0.2, 0.25) is 0 Å². The highest BCUT2D eigenvalue weighted by atomic mass is 16.5. The molecule has 7 heteroatoms. The van der Waals surface area contributed by atoms with Crippen LogP contribution >= 0.6 is 0 Å². The standard InChI is InChI=1S/C16H20N2O5/c1-9-6-12(13(20)7-10(9)2)17-14-11(16(22)23-3)8-18(4-5-19)15(14)21/h6-7,17,19-20H,4-5,8H2,1-3H3. The zero-order valence-corrected chi connectivity index (χ0v) is 13.3. The van der Waals surface area contributed by atoms with Gasteiger partial charge in [0, 0.05) is 6.54 Å². The zero-order valence-electron chi connectivity index (χ0n) is 13.3. The highest BCUT2D eigenvalue weighted by molar-refractivity contribution is 6.08. The Morgan fingerprint density at radius 3 is 2.61 bits per heavy atom. The first-order valence-electron chi connectivity index (χ1n) is 7.17. The maximum atomic E-state index is 12.4. The molecule has 0 atom stereocenters. The molecule has 0 fully saturated rings. The molecule has 0 bridgehead atoms. The number of ether oxygens (including phenoxy) is 1. The molecular formula is C16H20N2O5. The van der Waals surface area contributed by atoms with Crippen LogP contribution in [0.3, 0.4) is 0 Å². The van der Waals surface area contributed by atoms with Gasteiger partial charge in [0.2, 0.25) is 0 Å². The van der Waals surface area contributed by atoms with E-state index in [0.717, 1.165) is 11.1 Å².